The van der Waals surface area contributed by atoms with Gasteiger partial charge in [0.05, 0.1) is 17.2 Å². The first kappa shape index (κ1) is 16.3. The van der Waals surface area contributed by atoms with Gasteiger partial charge in [0.15, 0.2) is 0 Å². The minimum absolute atomic E-state index is 0.164. The number of halogens is 1. The van der Waals surface area contributed by atoms with E-state index in [1.54, 1.807) is 7.11 Å². The van der Waals surface area contributed by atoms with E-state index in [1.807, 2.05) is 30.0 Å². The average molecular weight is 356 g/mol. The highest BCUT2D eigenvalue weighted by molar-refractivity contribution is 9.10. The highest BCUT2D eigenvalue weighted by Gasteiger charge is 2.29. The molecular weight excluding hydrogens is 334 g/mol. The molecule has 1 saturated heterocycles. The van der Waals surface area contributed by atoms with Crippen molar-refractivity contribution in [1.82, 2.24) is 4.90 Å². The van der Waals surface area contributed by atoms with E-state index in [-0.39, 0.29) is 5.91 Å². The molecule has 2 rings (SSSR count). The van der Waals surface area contributed by atoms with Crippen LogP contribution >= 0.6 is 15.9 Å². The molecule has 1 aliphatic heterocycles. The van der Waals surface area contributed by atoms with E-state index in [0.717, 1.165) is 15.8 Å². The minimum Gasteiger partial charge on any atom is -0.496 e. The molecule has 1 N–H and O–H groups in total. The number of rotatable bonds is 4. The molecule has 1 aromatic rings. The Morgan fingerprint density at radius 1 is 1.43 bits per heavy atom. The molecule has 0 saturated carbocycles. The highest BCUT2D eigenvalue weighted by Crippen LogP contribution is 2.26. The van der Waals surface area contributed by atoms with E-state index in [2.05, 4.69) is 15.9 Å². The van der Waals surface area contributed by atoms with Crippen LogP contribution in [0, 0.1) is 0 Å². The summed E-state index contributed by atoms with van der Waals surface area (Å²) in [5, 5.41) is 9.91. The number of amides is 1. The molecule has 116 valence electrons. The lowest BCUT2D eigenvalue weighted by molar-refractivity contribution is -0.134. The maximum absolute atomic E-state index is 12.2. The molecule has 0 radical (unpaired) electrons. The lowest BCUT2D eigenvalue weighted by atomic mass is 9.93. The van der Waals surface area contributed by atoms with Gasteiger partial charge in [0.1, 0.15) is 5.75 Å². The van der Waals surface area contributed by atoms with Gasteiger partial charge in [0.2, 0.25) is 5.91 Å². The third kappa shape index (κ3) is 4.45. The molecule has 21 heavy (non-hydrogen) atoms. The summed E-state index contributed by atoms with van der Waals surface area (Å²) >= 11 is 3.46. The van der Waals surface area contributed by atoms with Gasteiger partial charge in [0.25, 0.3) is 0 Å². The summed E-state index contributed by atoms with van der Waals surface area (Å²) in [6, 6.07) is 5.88. The summed E-state index contributed by atoms with van der Waals surface area (Å²) in [6.45, 7) is 3.14. The Morgan fingerprint density at radius 3 is 2.67 bits per heavy atom. The van der Waals surface area contributed by atoms with Crippen molar-refractivity contribution in [3.8, 4) is 5.75 Å². The largest absolute Gasteiger partial charge is 0.496 e. The van der Waals surface area contributed by atoms with Crippen molar-refractivity contribution in [1.29, 1.82) is 0 Å². The molecule has 1 heterocycles. The van der Waals surface area contributed by atoms with E-state index in [1.165, 1.54) is 0 Å². The zero-order valence-electron chi connectivity index (χ0n) is 12.6. The lowest BCUT2D eigenvalue weighted by Gasteiger charge is -2.35. The number of piperidine rings is 1. The lowest BCUT2D eigenvalue weighted by Crippen LogP contribution is -2.45. The number of likely N-dealkylation sites (tertiary alicyclic amines) is 1. The average Bonchev–Trinajstić information content (AvgIpc) is 2.45. The van der Waals surface area contributed by atoms with Crippen molar-refractivity contribution in [2.24, 2.45) is 0 Å². The first-order valence-electron chi connectivity index (χ1n) is 7.24. The van der Waals surface area contributed by atoms with Crippen molar-refractivity contribution in [3.05, 3.63) is 28.2 Å². The number of carbonyl (C=O) groups is 1. The number of nitrogens with zero attached hydrogens (tertiary/aromatic N) is 1. The molecule has 4 nitrogen and oxygen atoms in total. The Labute approximate surface area is 134 Å². The minimum atomic E-state index is -0.613. The van der Waals surface area contributed by atoms with Crippen LogP contribution in [0.3, 0.4) is 0 Å². The zero-order valence-corrected chi connectivity index (χ0v) is 14.1. The molecule has 0 atom stereocenters. The summed E-state index contributed by atoms with van der Waals surface area (Å²) in [6.07, 6.45) is 2.54. The topological polar surface area (TPSA) is 49.8 Å². The van der Waals surface area contributed by atoms with E-state index < -0.39 is 5.60 Å². The molecular formula is C16H22BrNO3. The van der Waals surface area contributed by atoms with Crippen LogP contribution in [0.25, 0.3) is 0 Å². The van der Waals surface area contributed by atoms with Gasteiger partial charge in [-0.1, -0.05) is 6.07 Å². The van der Waals surface area contributed by atoms with Crippen LogP contribution in [0.2, 0.25) is 0 Å². The Hall–Kier alpha value is -1.07. The maximum Gasteiger partial charge on any atom is 0.222 e. The van der Waals surface area contributed by atoms with Crippen LogP contribution < -0.4 is 4.74 Å². The fourth-order valence-electron chi connectivity index (χ4n) is 2.51. The Kier molecular flexibility index (Phi) is 5.27. The van der Waals surface area contributed by atoms with E-state index in [9.17, 15) is 9.90 Å². The van der Waals surface area contributed by atoms with Crippen LogP contribution in [0.5, 0.6) is 5.75 Å². The van der Waals surface area contributed by atoms with Gasteiger partial charge in [-0.05, 0) is 59.8 Å². The summed E-state index contributed by atoms with van der Waals surface area (Å²) < 4.78 is 6.10. The second kappa shape index (κ2) is 6.79. The zero-order chi connectivity index (χ0) is 15.5. The van der Waals surface area contributed by atoms with E-state index in [0.29, 0.717) is 38.8 Å². The summed E-state index contributed by atoms with van der Waals surface area (Å²) in [4.78, 5) is 14.1. The van der Waals surface area contributed by atoms with Crippen molar-refractivity contribution >= 4 is 21.8 Å². The van der Waals surface area contributed by atoms with Crippen molar-refractivity contribution < 1.29 is 14.6 Å². The molecule has 1 amide bonds. The smallest absolute Gasteiger partial charge is 0.222 e. The first-order chi connectivity index (χ1) is 9.91. The molecule has 0 aliphatic carbocycles. The maximum atomic E-state index is 12.2. The number of aryl methyl sites for hydroxylation is 1. The molecule has 0 bridgehead atoms. The van der Waals surface area contributed by atoms with Gasteiger partial charge in [0, 0.05) is 19.5 Å². The predicted molar refractivity (Wildman–Crippen MR) is 85.5 cm³/mol. The Balaban J connectivity index is 1.85. The summed E-state index contributed by atoms with van der Waals surface area (Å²) in [5.41, 5.74) is 0.498. The highest BCUT2D eigenvalue weighted by atomic mass is 79.9. The third-order valence-electron chi connectivity index (χ3n) is 4.04. The van der Waals surface area contributed by atoms with Crippen LogP contribution in [0.4, 0.5) is 0 Å². The van der Waals surface area contributed by atoms with Gasteiger partial charge >= 0.3 is 0 Å². The number of carbonyl (C=O) groups excluding carboxylic acids is 1. The molecule has 0 aromatic heterocycles. The SMILES string of the molecule is COc1ccc(CCC(=O)N2CCC(C)(O)CC2)cc1Br. The fraction of sp³-hybridized carbons (Fsp3) is 0.562. The van der Waals surface area contributed by atoms with Gasteiger partial charge in [-0.25, -0.2) is 0 Å². The molecule has 1 fully saturated rings. The van der Waals surface area contributed by atoms with Crippen molar-refractivity contribution in [2.75, 3.05) is 20.2 Å². The second-order valence-corrected chi connectivity index (χ2v) is 6.70. The van der Waals surface area contributed by atoms with Crippen LogP contribution in [0.1, 0.15) is 31.7 Å². The van der Waals surface area contributed by atoms with E-state index >= 15 is 0 Å². The van der Waals surface area contributed by atoms with Crippen molar-refractivity contribution in [2.45, 2.75) is 38.2 Å². The van der Waals surface area contributed by atoms with Crippen molar-refractivity contribution in [3.63, 3.8) is 0 Å². The molecule has 1 aliphatic rings. The summed E-state index contributed by atoms with van der Waals surface area (Å²) in [7, 11) is 1.63. The quantitative estimate of drug-likeness (QED) is 0.903. The molecule has 5 heteroatoms. The van der Waals surface area contributed by atoms with Crippen LogP contribution in [0.15, 0.2) is 22.7 Å². The first-order valence-corrected chi connectivity index (χ1v) is 8.03. The summed E-state index contributed by atoms with van der Waals surface area (Å²) in [5.74, 6) is 0.959. The van der Waals surface area contributed by atoms with Gasteiger partial charge in [-0.2, -0.15) is 0 Å². The Bertz CT molecular complexity index is 506. The second-order valence-electron chi connectivity index (χ2n) is 5.85. The van der Waals surface area contributed by atoms with Crippen LogP contribution in [-0.4, -0.2) is 41.7 Å². The number of methoxy groups -OCH3 is 1. The fourth-order valence-corrected chi connectivity index (χ4v) is 3.10. The van der Waals surface area contributed by atoms with Gasteiger partial charge in [-0.3, -0.25) is 4.79 Å². The molecule has 0 spiro atoms. The van der Waals surface area contributed by atoms with Gasteiger partial charge in [-0.15, -0.1) is 0 Å². The number of aliphatic hydroxyl groups is 1. The number of hydrogen-bond donors (Lipinski definition) is 1. The number of hydrogen-bond acceptors (Lipinski definition) is 3. The number of benzene rings is 1. The third-order valence-corrected chi connectivity index (χ3v) is 4.66. The Morgan fingerprint density at radius 2 is 2.10 bits per heavy atom. The standard InChI is InChI=1S/C16H22BrNO3/c1-16(20)7-9-18(10-8-16)15(19)6-4-12-3-5-14(21-2)13(17)11-12/h3,5,11,20H,4,6-10H2,1-2H3. The number of ether oxygens (including phenoxy) is 1. The predicted octanol–water partition coefficient (Wildman–Crippen LogP) is 2.76. The molecule has 0 unspecified atom stereocenters. The monoisotopic (exact) mass is 355 g/mol. The normalized spacial score (nSPS) is 17.6. The van der Waals surface area contributed by atoms with E-state index in [4.69, 9.17) is 4.74 Å². The van der Waals surface area contributed by atoms with Crippen LogP contribution in [-0.2, 0) is 11.2 Å². The van der Waals surface area contributed by atoms with Gasteiger partial charge < -0.3 is 14.7 Å². The molecule has 1 aromatic carbocycles.